The number of rotatable bonds is 4. The Morgan fingerprint density at radius 3 is 3.00 bits per heavy atom. The molecular weight excluding hydrogens is 345 g/mol. The van der Waals surface area contributed by atoms with Gasteiger partial charge in [-0.1, -0.05) is 12.1 Å². The fourth-order valence-electron chi connectivity index (χ4n) is 3.03. The average Bonchev–Trinajstić information content (AvgIpc) is 3.21. The molecule has 1 amide bonds. The van der Waals surface area contributed by atoms with E-state index in [2.05, 4.69) is 0 Å². The van der Waals surface area contributed by atoms with Crippen molar-refractivity contribution in [2.24, 2.45) is 0 Å². The first-order chi connectivity index (χ1) is 12.2. The Hall–Kier alpha value is -2.41. The molecule has 0 aromatic heterocycles. The van der Waals surface area contributed by atoms with Gasteiger partial charge in [-0.15, -0.1) is 11.8 Å². The van der Waals surface area contributed by atoms with E-state index in [-0.39, 0.29) is 23.9 Å². The molecule has 0 bridgehead atoms. The molecule has 25 heavy (non-hydrogen) atoms. The zero-order valence-electron chi connectivity index (χ0n) is 13.5. The number of amides is 1. The number of thioether (sulfide) groups is 1. The van der Waals surface area contributed by atoms with Gasteiger partial charge in [0.15, 0.2) is 11.5 Å². The van der Waals surface area contributed by atoms with Crippen molar-refractivity contribution < 1.29 is 23.4 Å². The molecule has 0 N–H and O–H groups in total. The third-order valence-corrected chi connectivity index (χ3v) is 5.43. The van der Waals surface area contributed by atoms with Crippen molar-refractivity contribution in [1.82, 2.24) is 4.90 Å². The normalized spacial score (nSPS) is 18.7. The minimum atomic E-state index is -0.307. The van der Waals surface area contributed by atoms with Gasteiger partial charge in [0, 0.05) is 6.54 Å². The van der Waals surface area contributed by atoms with Gasteiger partial charge in [-0.2, -0.15) is 0 Å². The van der Waals surface area contributed by atoms with E-state index in [1.165, 1.54) is 23.9 Å². The van der Waals surface area contributed by atoms with Gasteiger partial charge in [0.05, 0.1) is 12.9 Å². The molecule has 0 spiro atoms. The third-order valence-electron chi connectivity index (χ3n) is 4.18. The second-order valence-electron chi connectivity index (χ2n) is 5.77. The van der Waals surface area contributed by atoms with Crippen molar-refractivity contribution in [1.29, 1.82) is 0 Å². The number of methoxy groups -OCH3 is 1. The molecule has 130 valence electrons. The van der Waals surface area contributed by atoms with Crippen LogP contribution < -0.4 is 14.2 Å². The predicted octanol–water partition coefficient (Wildman–Crippen LogP) is 3.34. The van der Waals surface area contributed by atoms with Crippen molar-refractivity contribution in [2.45, 2.75) is 11.9 Å². The average molecular weight is 361 g/mol. The fraction of sp³-hybridized carbons (Fsp3) is 0.278. The van der Waals surface area contributed by atoms with Crippen LogP contribution in [0.3, 0.4) is 0 Å². The Morgan fingerprint density at radius 1 is 1.32 bits per heavy atom. The van der Waals surface area contributed by atoms with E-state index in [1.807, 2.05) is 18.2 Å². The summed E-state index contributed by atoms with van der Waals surface area (Å²) in [6, 6.07) is 10.0. The molecule has 0 saturated carbocycles. The van der Waals surface area contributed by atoms with Crippen LogP contribution >= 0.6 is 11.8 Å². The van der Waals surface area contributed by atoms with E-state index in [0.29, 0.717) is 29.5 Å². The largest absolute Gasteiger partial charge is 0.493 e. The Morgan fingerprint density at radius 2 is 2.20 bits per heavy atom. The quantitative estimate of drug-likeness (QED) is 0.836. The van der Waals surface area contributed by atoms with Crippen LogP contribution in [-0.4, -0.2) is 30.5 Å². The van der Waals surface area contributed by atoms with Gasteiger partial charge >= 0.3 is 0 Å². The Labute approximate surface area is 148 Å². The molecule has 2 aliphatic heterocycles. The molecule has 1 atom stereocenters. The van der Waals surface area contributed by atoms with Crippen LogP contribution in [0.25, 0.3) is 0 Å². The monoisotopic (exact) mass is 361 g/mol. The van der Waals surface area contributed by atoms with Gasteiger partial charge in [-0.3, -0.25) is 4.79 Å². The lowest BCUT2D eigenvalue weighted by atomic mass is 10.1. The highest BCUT2D eigenvalue weighted by atomic mass is 32.2. The van der Waals surface area contributed by atoms with Crippen molar-refractivity contribution in [3.05, 3.63) is 53.3 Å². The van der Waals surface area contributed by atoms with Gasteiger partial charge in [-0.25, -0.2) is 4.39 Å². The fourth-order valence-corrected chi connectivity index (χ4v) is 4.19. The van der Waals surface area contributed by atoms with Crippen molar-refractivity contribution >= 4 is 17.7 Å². The number of carbonyl (C=O) groups excluding carboxylic acids is 1. The Kier molecular flexibility index (Phi) is 4.17. The molecule has 1 unspecified atom stereocenters. The van der Waals surface area contributed by atoms with Gasteiger partial charge < -0.3 is 19.1 Å². The van der Waals surface area contributed by atoms with Gasteiger partial charge in [0.2, 0.25) is 18.4 Å². The summed E-state index contributed by atoms with van der Waals surface area (Å²) in [6.45, 7) is 0.504. The first-order valence-corrected chi connectivity index (χ1v) is 8.83. The number of ether oxygens (including phenoxy) is 3. The maximum atomic E-state index is 13.5. The van der Waals surface area contributed by atoms with Crippen LogP contribution in [-0.2, 0) is 11.3 Å². The smallest absolute Gasteiger partial charge is 0.234 e. The van der Waals surface area contributed by atoms with Crippen LogP contribution in [0.2, 0.25) is 0 Å². The summed E-state index contributed by atoms with van der Waals surface area (Å²) in [5, 5.41) is -0.181. The van der Waals surface area contributed by atoms with E-state index < -0.39 is 0 Å². The molecule has 1 saturated heterocycles. The molecule has 0 radical (unpaired) electrons. The van der Waals surface area contributed by atoms with Crippen molar-refractivity contribution in [2.75, 3.05) is 19.7 Å². The maximum Gasteiger partial charge on any atom is 0.234 e. The molecular formula is C18H16FNO4S. The molecule has 4 rings (SSSR count). The first-order valence-electron chi connectivity index (χ1n) is 7.79. The van der Waals surface area contributed by atoms with Gasteiger partial charge in [0.25, 0.3) is 0 Å². The maximum absolute atomic E-state index is 13.5. The Balaban J connectivity index is 1.66. The lowest BCUT2D eigenvalue weighted by Crippen LogP contribution is -2.27. The number of fused-ring (bicyclic) bond motifs is 1. The molecule has 5 nitrogen and oxygen atoms in total. The number of halogens is 1. The SMILES string of the molecule is COc1cc(C2SCC(=O)N2Cc2cccc(F)c2)cc2c1OCO2. The van der Waals surface area contributed by atoms with E-state index in [4.69, 9.17) is 14.2 Å². The zero-order valence-corrected chi connectivity index (χ0v) is 14.3. The van der Waals surface area contributed by atoms with Crippen LogP contribution in [0.5, 0.6) is 17.2 Å². The van der Waals surface area contributed by atoms with E-state index in [1.54, 1.807) is 18.1 Å². The van der Waals surface area contributed by atoms with Crippen molar-refractivity contribution in [3.8, 4) is 17.2 Å². The summed E-state index contributed by atoms with van der Waals surface area (Å²) in [5.74, 6) is 1.87. The van der Waals surface area contributed by atoms with E-state index >= 15 is 0 Å². The molecule has 2 aliphatic rings. The molecule has 2 heterocycles. The van der Waals surface area contributed by atoms with E-state index in [9.17, 15) is 9.18 Å². The van der Waals surface area contributed by atoms with Crippen LogP contribution in [0.1, 0.15) is 16.5 Å². The first kappa shape index (κ1) is 16.1. The topological polar surface area (TPSA) is 48.0 Å². The highest BCUT2D eigenvalue weighted by Crippen LogP contribution is 2.47. The van der Waals surface area contributed by atoms with Gasteiger partial charge in [-0.05, 0) is 35.4 Å². The second kappa shape index (κ2) is 6.48. The van der Waals surface area contributed by atoms with Crippen molar-refractivity contribution in [3.63, 3.8) is 0 Å². The van der Waals surface area contributed by atoms with Crippen LogP contribution in [0.4, 0.5) is 4.39 Å². The second-order valence-corrected chi connectivity index (χ2v) is 6.84. The summed E-state index contributed by atoms with van der Waals surface area (Å²) in [4.78, 5) is 14.1. The van der Waals surface area contributed by atoms with E-state index in [0.717, 1.165) is 11.1 Å². The number of hydrogen-bond acceptors (Lipinski definition) is 5. The van der Waals surface area contributed by atoms with Crippen LogP contribution in [0.15, 0.2) is 36.4 Å². The highest BCUT2D eigenvalue weighted by molar-refractivity contribution is 8.00. The lowest BCUT2D eigenvalue weighted by Gasteiger charge is -2.25. The summed E-state index contributed by atoms with van der Waals surface area (Å²) in [7, 11) is 1.57. The summed E-state index contributed by atoms with van der Waals surface area (Å²) in [5.41, 5.74) is 1.65. The molecule has 7 heteroatoms. The number of nitrogens with zero attached hydrogens (tertiary/aromatic N) is 1. The molecule has 2 aromatic carbocycles. The lowest BCUT2D eigenvalue weighted by molar-refractivity contribution is -0.128. The third kappa shape index (κ3) is 3.00. The summed E-state index contributed by atoms with van der Waals surface area (Å²) >= 11 is 1.53. The number of hydrogen-bond donors (Lipinski definition) is 0. The van der Waals surface area contributed by atoms with Gasteiger partial charge in [0.1, 0.15) is 11.2 Å². The molecule has 1 fully saturated rings. The minimum Gasteiger partial charge on any atom is -0.493 e. The Bertz CT molecular complexity index is 829. The summed E-state index contributed by atoms with van der Waals surface area (Å²) < 4.78 is 29.7. The number of benzene rings is 2. The van der Waals surface area contributed by atoms with Crippen LogP contribution in [0, 0.1) is 5.82 Å². The predicted molar refractivity (Wildman–Crippen MR) is 91.3 cm³/mol. The standard InChI is InChI=1S/C18H16FNO4S/c1-22-14-6-12(7-15-17(14)24-10-23-15)18-20(16(21)9-25-18)8-11-3-2-4-13(19)5-11/h2-7,18H,8-10H2,1H3. The summed E-state index contributed by atoms with van der Waals surface area (Å²) in [6.07, 6.45) is 0. The molecule has 2 aromatic rings. The minimum absolute atomic E-state index is 0.0240. The number of carbonyl (C=O) groups is 1. The molecule has 0 aliphatic carbocycles. The highest BCUT2D eigenvalue weighted by Gasteiger charge is 2.34. The zero-order chi connectivity index (χ0) is 17.4.